The van der Waals surface area contributed by atoms with E-state index in [4.69, 9.17) is 16.7 Å². The average Bonchev–Trinajstić information content (AvgIpc) is 2.15. The van der Waals surface area contributed by atoms with Crippen LogP contribution in [-0.2, 0) is 6.42 Å². The molecule has 0 amide bonds. The Balaban J connectivity index is 3.11. The van der Waals surface area contributed by atoms with Crippen LogP contribution in [0.4, 0.5) is 13.2 Å². The first-order chi connectivity index (χ1) is 6.57. The van der Waals surface area contributed by atoms with Crippen LogP contribution in [0, 0.1) is 17.5 Å². The monoisotopic (exact) mass is 224 g/mol. The molecule has 14 heavy (non-hydrogen) atoms. The molecule has 0 radical (unpaired) electrons. The van der Waals surface area contributed by atoms with E-state index in [9.17, 15) is 13.2 Å². The van der Waals surface area contributed by atoms with Crippen LogP contribution in [0.5, 0.6) is 0 Å². The molecule has 1 aromatic rings. The highest BCUT2D eigenvalue weighted by Gasteiger charge is 2.16. The van der Waals surface area contributed by atoms with Gasteiger partial charge in [0.25, 0.3) is 0 Å². The van der Waals surface area contributed by atoms with Crippen molar-refractivity contribution in [3.05, 3.63) is 34.1 Å². The van der Waals surface area contributed by atoms with Gasteiger partial charge in [0.15, 0.2) is 11.6 Å². The van der Waals surface area contributed by atoms with E-state index in [1.165, 1.54) is 0 Å². The van der Waals surface area contributed by atoms with Crippen molar-refractivity contribution in [2.75, 3.05) is 6.61 Å². The lowest BCUT2D eigenvalue weighted by molar-refractivity contribution is 0.287. The van der Waals surface area contributed by atoms with Crippen LogP contribution in [0.1, 0.15) is 12.0 Å². The van der Waals surface area contributed by atoms with Gasteiger partial charge in [0, 0.05) is 12.2 Å². The molecule has 0 heterocycles. The predicted molar refractivity (Wildman–Crippen MR) is 46.7 cm³/mol. The van der Waals surface area contributed by atoms with Gasteiger partial charge < -0.3 is 5.11 Å². The highest BCUT2D eigenvalue weighted by Crippen LogP contribution is 2.24. The molecule has 5 heteroatoms. The molecule has 0 atom stereocenters. The van der Waals surface area contributed by atoms with Gasteiger partial charge in [-0.1, -0.05) is 11.6 Å². The predicted octanol–water partition coefficient (Wildman–Crippen LogP) is 2.68. The van der Waals surface area contributed by atoms with E-state index >= 15 is 0 Å². The second-order valence-corrected chi connectivity index (χ2v) is 3.18. The van der Waals surface area contributed by atoms with Gasteiger partial charge in [-0.05, 0) is 18.9 Å². The minimum Gasteiger partial charge on any atom is -0.396 e. The fourth-order valence-corrected chi connectivity index (χ4v) is 1.31. The maximum absolute atomic E-state index is 13.1. The van der Waals surface area contributed by atoms with Gasteiger partial charge in [-0.3, -0.25) is 0 Å². The number of aliphatic hydroxyl groups excluding tert-OH is 1. The minimum atomic E-state index is -1.24. The Morgan fingerprint density at radius 3 is 2.43 bits per heavy atom. The molecule has 1 N–H and O–H groups in total. The standard InChI is InChI=1S/C9H8ClF3O/c10-6-4-7(11)9(13)5(8(6)12)2-1-3-14/h4,14H,1-3H2. The molecule has 1 aromatic carbocycles. The first-order valence-electron chi connectivity index (χ1n) is 4.00. The largest absolute Gasteiger partial charge is 0.396 e. The summed E-state index contributed by atoms with van der Waals surface area (Å²) in [5.41, 5.74) is -0.413. The molecule has 0 aliphatic heterocycles. The Morgan fingerprint density at radius 2 is 1.86 bits per heavy atom. The SMILES string of the molecule is OCCCc1c(F)c(F)cc(Cl)c1F. The van der Waals surface area contributed by atoms with Crippen molar-refractivity contribution in [2.24, 2.45) is 0 Å². The Bertz CT molecular complexity index is 315. The van der Waals surface area contributed by atoms with Crippen LogP contribution in [0.15, 0.2) is 6.07 Å². The van der Waals surface area contributed by atoms with Gasteiger partial charge >= 0.3 is 0 Å². The first kappa shape index (κ1) is 11.3. The van der Waals surface area contributed by atoms with Crippen LogP contribution in [0.3, 0.4) is 0 Å². The molecule has 0 spiro atoms. The van der Waals surface area contributed by atoms with Gasteiger partial charge in [0.1, 0.15) is 5.82 Å². The third-order valence-corrected chi connectivity index (χ3v) is 2.06. The van der Waals surface area contributed by atoms with Crippen molar-refractivity contribution in [1.29, 1.82) is 0 Å². The average molecular weight is 225 g/mol. The summed E-state index contributed by atoms with van der Waals surface area (Å²) in [5.74, 6) is -3.37. The number of rotatable bonds is 3. The molecular formula is C9H8ClF3O. The number of halogens is 4. The van der Waals surface area contributed by atoms with Crippen molar-refractivity contribution < 1.29 is 18.3 Å². The summed E-state index contributed by atoms with van der Waals surface area (Å²) >= 11 is 5.33. The van der Waals surface area contributed by atoms with E-state index in [1.807, 2.05) is 0 Å². The number of benzene rings is 1. The Kier molecular flexibility index (Phi) is 3.77. The number of hydrogen-bond donors (Lipinski definition) is 1. The third kappa shape index (κ3) is 2.19. The summed E-state index contributed by atoms with van der Waals surface area (Å²) in [6, 6.07) is 0.592. The van der Waals surface area contributed by atoms with Crippen LogP contribution >= 0.6 is 11.6 Å². The van der Waals surface area contributed by atoms with Crippen LogP contribution < -0.4 is 0 Å². The van der Waals surface area contributed by atoms with E-state index in [2.05, 4.69) is 0 Å². The molecule has 0 aliphatic rings. The molecule has 1 nitrogen and oxygen atoms in total. The van der Waals surface area contributed by atoms with Gasteiger partial charge in [-0.15, -0.1) is 0 Å². The molecule has 1 rings (SSSR count). The zero-order chi connectivity index (χ0) is 10.7. The normalized spacial score (nSPS) is 10.6. The third-order valence-electron chi connectivity index (χ3n) is 1.79. The molecule has 0 saturated carbocycles. The lowest BCUT2D eigenvalue weighted by Crippen LogP contribution is -2.01. The highest BCUT2D eigenvalue weighted by molar-refractivity contribution is 6.30. The van der Waals surface area contributed by atoms with Gasteiger partial charge in [0.05, 0.1) is 5.02 Å². The maximum atomic E-state index is 13.1. The Hall–Kier alpha value is -0.740. The van der Waals surface area contributed by atoms with Crippen molar-refractivity contribution in [1.82, 2.24) is 0 Å². The van der Waals surface area contributed by atoms with Gasteiger partial charge in [0.2, 0.25) is 0 Å². The van der Waals surface area contributed by atoms with Crippen LogP contribution in [0.2, 0.25) is 5.02 Å². The maximum Gasteiger partial charge on any atom is 0.165 e. The van der Waals surface area contributed by atoms with Crippen LogP contribution in [-0.4, -0.2) is 11.7 Å². The number of hydrogen-bond acceptors (Lipinski definition) is 1. The summed E-state index contributed by atoms with van der Waals surface area (Å²) in [7, 11) is 0. The molecule has 0 aliphatic carbocycles. The van der Waals surface area contributed by atoms with Crippen LogP contribution in [0.25, 0.3) is 0 Å². The Morgan fingerprint density at radius 1 is 1.21 bits per heavy atom. The summed E-state index contributed by atoms with van der Waals surface area (Å²) in [4.78, 5) is 0. The summed E-state index contributed by atoms with van der Waals surface area (Å²) in [5, 5.41) is 8.03. The molecule has 0 unspecified atom stereocenters. The van der Waals surface area contributed by atoms with Crippen molar-refractivity contribution in [3.8, 4) is 0 Å². The number of aliphatic hydroxyl groups is 1. The molecule has 0 aromatic heterocycles. The first-order valence-corrected chi connectivity index (χ1v) is 4.38. The lowest BCUT2D eigenvalue weighted by atomic mass is 10.1. The zero-order valence-corrected chi connectivity index (χ0v) is 7.91. The molecule has 0 fully saturated rings. The van der Waals surface area contributed by atoms with E-state index in [-0.39, 0.29) is 19.4 Å². The lowest BCUT2D eigenvalue weighted by Gasteiger charge is -2.06. The Labute approximate surface area is 84.1 Å². The van der Waals surface area contributed by atoms with Crippen molar-refractivity contribution in [3.63, 3.8) is 0 Å². The van der Waals surface area contributed by atoms with Gasteiger partial charge in [-0.2, -0.15) is 0 Å². The minimum absolute atomic E-state index is 0.0777. The smallest absolute Gasteiger partial charge is 0.165 e. The summed E-state index contributed by atoms with van der Waals surface area (Å²) in [6.45, 7) is -0.215. The molecule has 0 bridgehead atoms. The molecular weight excluding hydrogens is 217 g/mol. The second-order valence-electron chi connectivity index (χ2n) is 2.77. The highest BCUT2D eigenvalue weighted by atomic mass is 35.5. The van der Waals surface area contributed by atoms with E-state index in [1.54, 1.807) is 0 Å². The van der Waals surface area contributed by atoms with E-state index in [0.29, 0.717) is 6.07 Å². The van der Waals surface area contributed by atoms with E-state index < -0.39 is 28.0 Å². The molecule has 0 saturated heterocycles. The fourth-order valence-electron chi connectivity index (χ4n) is 1.10. The summed E-state index contributed by atoms with van der Waals surface area (Å²) in [6.07, 6.45) is 0.0826. The van der Waals surface area contributed by atoms with Crippen molar-refractivity contribution >= 4 is 11.6 Å². The zero-order valence-electron chi connectivity index (χ0n) is 7.16. The van der Waals surface area contributed by atoms with Gasteiger partial charge in [-0.25, -0.2) is 13.2 Å². The quantitative estimate of drug-likeness (QED) is 0.783. The van der Waals surface area contributed by atoms with Crippen molar-refractivity contribution in [2.45, 2.75) is 12.8 Å². The van der Waals surface area contributed by atoms with E-state index in [0.717, 1.165) is 0 Å². The molecule has 78 valence electrons. The fraction of sp³-hybridized carbons (Fsp3) is 0.333. The summed E-state index contributed by atoms with van der Waals surface area (Å²) < 4.78 is 38.9. The topological polar surface area (TPSA) is 20.2 Å². The second kappa shape index (κ2) is 4.66.